The summed E-state index contributed by atoms with van der Waals surface area (Å²) in [7, 11) is 0. The first-order valence-electron chi connectivity index (χ1n) is 7.81. The molecule has 3 N–H and O–H groups in total. The molecule has 1 aromatic rings. The maximum Gasteiger partial charge on any atom is 0.224 e. The number of carbonyl (C=O) groups is 1. The standard InChI is InChI=1S/C18H30N2O/c1-13(2)11-15(12-19)17(21)20-16(18(3,4)5)14-9-7-6-8-10-14/h6-10,13,15-16H,11-12,19H2,1-5H3,(H,20,21). The quantitative estimate of drug-likeness (QED) is 0.842. The molecule has 0 aliphatic carbocycles. The van der Waals surface area contributed by atoms with Crippen LogP contribution in [0, 0.1) is 17.3 Å². The summed E-state index contributed by atoms with van der Waals surface area (Å²) in [4.78, 5) is 12.5. The summed E-state index contributed by atoms with van der Waals surface area (Å²) in [6.45, 7) is 11.1. The predicted molar refractivity (Wildman–Crippen MR) is 88.8 cm³/mol. The third-order valence-corrected chi connectivity index (χ3v) is 3.70. The smallest absolute Gasteiger partial charge is 0.224 e. The third-order valence-electron chi connectivity index (χ3n) is 3.70. The summed E-state index contributed by atoms with van der Waals surface area (Å²) < 4.78 is 0. The minimum atomic E-state index is -0.112. The van der Waals surface area contributed by atoms with Crippen molar-refractivity contribution in [3.63, 3.8) is 0 Å². The van der Waals surface area contributed by atoms with Crippen molar-refractivity contribution in [2.24, 2.45) is 23.0 Å². The molecule has 3 heteroatoms. The van der Waals surface area contributed by atoms with Crippen LogP contribution in [0.4, 0.5) is 0 Å². The van der Waals surface area contributed by atoms with E-state index in [1.165, 1.54) is 0 Å². The number of nitrogens with one attached hydrogen (secondary N) is 1. The molecule has 0 bridgehead atoms. The van der Waals surface area contributed by atoms with Crippen molar-refractivity contribution in [1.29, 1.82) is 0 Å². The highest BCUT2D eigenvalue weighted by Crippen LogP contribution is 2.33. The van der Waals surface area contributed by atoms with Crippen LogP contribution in [-0.2, 0) is 4.79 Å². The number of hydrogen-bond acceptors (Lipinski definition) is 2. The van der Waals surface area contributed by atoms with Crippen molar-refractivity contribution in [2.45, 2.75) is 47.1 Å². The monoisotopic (exact) mass is 290 g/mol. The molecule has 3 nitrogen and oxygen atoms in total. The van der Waals surface area contributed by atoms with E-state index in [4.69, 9.17) is 5.73 Å². The average molecular weight is 290 g/mol. The second kappa shape index (κ2) is 7.60. The molecule has 0 aliphatic rings. The van der Waals surface area contributed by atoms with Gasteiger partial charge in [-0.15, -0.1) is 0 Å². The van der Waals surface area contributed by atoms with Crippen LogP contribution in [-0.4, -0.2) is 12.5 Å². The fraction of sp³-hybridized carbons (Fsp3) is 0.611. The van der Waals surface area contributed by atoms with E-state index in [2.05, 4.69) is 52.1 Å². The summed E-state index contributed by atoms with van der Waals surface area (Å²) in [6, 6.07) is 10.1. The molecule has 2 atom stereocenters. The molecule has 1 aromatic carbocycles. The molecule has 0 spiro atoms. The molecule has 1 amide bonds. The number of benzene rings is 1. The SMILES string of the molecule is CC(C)CC(CN)C(=O)NC(c1ccccc1)C(C)(C)C. The highest BCUT2D eigenvalue weighted by Gasteiger charge is 2.30. The largest absolute Gasteiger partial charge is 0.348 e. The Labute approximate surface area is 129 Å². The predicted octanol–water partition coefficient (Wildman–Crippen LogP) is 3.51. The van der Waals surface area contributed by atoms with Crippen LogP contribution in [0.2, 0.25) is 0 Å². The molecule has 1 rings (SSSR count). The minimum Gasteiger partial charge on any atom is -0.348 e. The second-order valence-electron chi connectivity index (χ2n) is 7.28. The fourth-order valence-electron chi connectivity index (χ4n) is 2.58. The highest BCUT2D eigenvalue weighted by atomic mass is 16.2. The molecule has 118 valence electrons. The lowest BCUT2D eigenvalue weighted by molar-refractivity contribution is -0.126. The zero-order valence-corrected chi connectivity index (χ0v) is 14.0. The van der Waals surface area contributed by atoms with Gasteiger partial charge in [0.2, 0.25) is 5.91 Å². The van der Waals surface area contributed by atoms with E-state index < -0.39 is 0 Å². The number of amides is 1. The van der Waals surface area contributed by atoms with Gasteiger partial charge in [-0.1, -0.05) is 65.0 Å². The first-order valence-corrected chi connectivity index (χ1v) is 7.81. The van der Waals surface area contributed by atoms with Crippen LogP contribution in [0.3, 0.4) is 0 Å². The number of rotatable bonds is 6. The summed E-state index contributed by atoms with van der Waals surface area (Å²) in [5.74, 6) is 0.419. The Bertz CT molecular complexity index is 434. The minimum absolute atomic E-state index is 0.00703. The summed E-state index contributed by atoms with van der Waals surface area (Å²) >= 11 is 0. The van der Waals surface area contributed by atoms with Gasteiger partial charge in [0.25, 0.3) is 0 Å². The van der Waals surface area contributed by atoms with E-state index >= 15 is 0 Å². The normalized spacial score (nSPS) is 14.8. The number of hydrogen-bond donors (Lipinski definition) is 2. The van der Waals surface area contributed by atoms with E-state index in [9.17, 15) is 4.79 Å². The van der Waals surface area contributed by atoms with Crippen molar-refractivity contribution in [1.82, 2.24) is 5.32 Å². The Morgan fingerprint density at radius 3 is 2.19 bits per heavy atom. The van der Waals surface area contributed by atoms with Crippen LogP contribution in [0.15, 0.2) is 30.3 Å². The fourth-order valence-corrected chi connectivity index (χ4v) is 2.58. The summed E-state index contributed by atoms with van der Waals surface area (Å²) in [5.41, 5.74) is 6.87. The van der Waals surface area contributed by atoms with Crippen molar-refractivity contribution in [2.75, 3.05) is 6.54 Å². The van der Waals surface area contributed by atoms with Crippen molar-refractivity contribution in [3.05, 3.63) is 35.9 Å². The molecule has 21 heavy (non-hydrogen) atoms. The molecule has 0 heterocycles. The van der Waals surface area contributed by atoms with Gasteiger partial charge in [0.1, 0.15) is 0 Å². The maximum atomic E-state index is 12.5. The topological polar surface area (TPSA) is 55.1 Å². The van der Waals surface area contributed by atoms with Gasteiger partial charge in [-0.2, -0.15) is 0 Å². The summed E-state index contributed by atoms with van der Waals surface area (Å²) in [6.07, 6.45) is 0.827. The Kier molecular flexibility index (Phi) is 6.41. The Morgan fingerprint density at radius 1 is 1.19 bits per heavy atom. The summed E-state index contributed by atoms with van der Waals surface area (Å²) in [5, 5.41) is 3.21. The van der Waals surface area contributed by atoms with Crippen LogP contribution in [0.25, 0.3) is 0 Å². The van der Waals surface area contributed by atoms with E-state index in [1.807, 2.05) is 18.2 Å². The molecular formula is C18H30N2O. The van der Waals surface area contributed by atoms with Gasteiger partial charge in [-0.25, -0.2) is 0 Å². The lowest BCUT2D eigenvalue weighted by atomic mass is 9.82. The van der Waals surface area contributed by atoms with Gasteiger partial charge >= 0.3 is 0 Å². The average Bonchev–Trinajstić information content (AvgIpc) is 2.41. The van der Waals surface area contributed by atoms with Gasteiger partial charge < -0.3 is 11.1 Å². The highest BCUT2D eigenvalue weighted by molar-refractivity contribution is 5.79. The van der Waals surface area contributed by atoms with E-state index in [0.29, 0.717) is 12.5 Å². The van der Waals surface area contributed by atoms with Crippen LogP contribution in [0.1, 0.15) is 52.6 Å². The third kappa shape index (κ3) is 5.50. The van der Waals surface area contributed by atoms with Crippen LogP contribution in [0.5, 0.6) is 0 Å². The zero-order valence-electron chi connectivity index (χ0n) is 14.0. The first kappa shape index (κ1) is 17.7. The Balaban J connectivity index is 2.90. The molecule has 0 saturated carbocycles. The van der Waals surface area contributed by atoms with Gasteiger partial charge in [-0.05, 0) is 23.3 Å². The Morgan fingerprint density at radius 2 is 1.76 bits per heavy atom. The maximum absolute atomic E-state index is 12.5. The number of nitrogens with two attached hydrogens (primary N) is 1. The number of carbonyl (C=O) groups excluding carboxylic acids is 1. The molecule has 0 fully saturated rings. The lowest BCUT2D eigenvalue weighted by Crippen LogP contribution is -2.42. The van der Waals surface area contributed by atoms with Gasteiger partial charge in [0.05, 0.1) is 12.0 Å². The molecule has 2 unspecified atom stereocenters. The van der Waals surface area contributed by atoms with E-state index in [0.717, 1.165) is 12.0 Å². The molecule has 0 aliphatic heterocycles. The first-order chi connectivity index (χ1) is 9.75. The molecule has 0 radical (unpaired) electrons. The van der Waals surface area contributed by atoms with Gasteiger partial charge in [-0.3, -0.25) is 4.79 Å². The van der Waals surface area contributed by atoms with E-state index in [1.54, 1.807) is 0 Å². The second-order valence-corrected chi connectivity index (χ2v) is 7.28. The van der Waals surface area contributed by atoms with Gasteiger partial charge in [0, 0.05) is 6.54 Å². The van der Waals surface area contributed by atoms with Crippen molar-refractivity contribution in [3.8, 4) is 0 Å². The van der Waals surface area contributed by atoms with Gasteiger partial charge in [0.15, 0.2) is 0 Å². The molecule has 0 aromatic heterocycles. The van der Waals surface area contributed by atoms with Crippen molar-refractivity contribution >= 4 is 5.91 Å². The lowest BCUT2D eigenvalue weighted by Gasteiger charge is -2.33. The zero-order chi connectivity index (χ0) is 16.0. The van der Waals surface area contributed by atoms with Crippen LogP contribution >= 0.6 is 0 Å². The van der Waals surface area contributed by atoms with Crippen LogP contribution < -0.4 is 11.1 Å². The van der Waals surface area contributed by atoms with Crippen molar-refractivity contribution < 1.29 is 4.79 Å². The Hall–Kier alpha value is -1.35. The molecular weight excluding hydrogens is 260 g/mol. The molecule has 0 saturated heterocycles. The van der Waals surface area contributed by atoms with E-state index in [-0.39, 0.29) is 23.3 Å².